The van der Waals surface area contributed by atoms with Gasteiger partial charge in [-0.05, 0) is 6.42 Å². The molecule has 0 saturated carbocycles. The summed E-state index contributed by atoms with van der Waals surface area (Å²) in [7, 11) is 0. The van der Waals surface area contributed by atoms with Crippen molar-refractivity contribution in [2.75, 3.05) is 6.54 Å². The molecule has 1 fully saturated rings. The molecular formula is C7H12N2O3. The Morgan fingerprint density at radius 3 is 2.58 bits per heavy atom. The number of primary amides is 1. The molecule has 0 bridgehead atoms. The van der Waals surface area contributed by atoms with Crippen molar-refractivity contribution in [1.29, 1.82) is 0 Å². The average Bonchev–Trinajstić information content (AvgIpc) is 2.78. The first-order chi connectivity index (χ1) is 5.66. The normalized spacial score (nSPS) is 26.4. The van der Waals surface area contributed by atoms with E-state index in [2.05, 4.69) is 5.32 Å². The molecule has 5 nitrogen and oxygen atoms in total. The second-order valence-electron chi connectivity index (χ2n) is 2.67. The Kier molecular flexibility index (Phi) is 2.65. The first-order valence-corrected chi connectivity index (χ1v) is 3.89. The summed E-state index contributed by atoms with van der Waals surface area (Å²) in [6, 6.07) is 0. The summed E-state index contributed by atoms with van der Waals surface area (Å²) < 4.78 is 4.75. The zero-order valence-corrected chi connectivity index (χ0v) is 6.87. The summed E-state index contributed by atoms with van der Waals surface area (Å²) in [6.07, 6.45) is -0.490. The van der Waals surface area contributed by atoms with E-state index in [9.17, 15) is 9.59 Å². The minimum atomic E-state index is -0.707. The number of ether oxygens (including phenoxy) is 1. The molecule has 1 aliphatic heterocycles. The molecule has 2 atom stereocenters. The van der Waals surface area contributed by atoms with Crippen LogP contribution in [-0.4, -0.2) is 30.6 Å². The summed E-state index contributed by atoms with van der Waals surface area (Å²) in [4.78, 5) is 21.5. The molecule has 1 aliphatic rings. The summed E-state index contributed by atoms with van der Waals surface area (Å²) >= 11 is 0. The number of hydrogen-bond acceptors (Lipinski definition) is 3. The molecule has 1 rings (SSSR count). The Morgan fingerprint density at radius 1 is 1.50 bits per heavy atom. The van der Waals surface area contributed by atoms with Crippen molar-refractivity contribution in [2.45, 2.75) is 25.6 Å². The molecule has 1 saturated heterocycles. The summed E-state index contributed by atoms with van der Waals surface area (Å²) in [5.41, 5.74) is 4.91. The minimum Gasteiger partial charge on any atom is -0.367 e. The van der Waals surface area contributed by atoms with E-state index in [-0.39, 0.29) is 5.91 Å². The van der Waals surface area contributed by atoms with Crippen LogP contribution in [0.4, 0.5) is 0 Å². The van der Waals surface area contributed by atoms with Gasteiger partial charge < -0.3 is 15.8 Å². The molecular weight excluding hydrogens is 160 g/mol. The van der Waals surface area contributed by atoms with Gasteiger partial charge in [0.15, 0.2) is 12.2 Å². The van der Waals surface area contributed by atoms with Gasteiger partial charge in [0.1, 0.15) is 0 Å². The molecule has 0 aromatic carbocycles. The maximum absolute atomic E-state index is 11.0. The Bertz CT molecular complexity index is 205. The molecule has 3 N–H and O–H groups in total. The quantitative estimate of drug-likeness (QED) is 0.520. The van der Waals surface area contributed by atoms with Gasteiger partial charge in [0.05, 0.1) is 0 Å². The fraction of sp³-hybridized carbons (Fsp3) is 0.714. The smallest absolute Gasteiger partial charge is 0.252 e. The van der Waals surface area contributed by atoms with E-state index in [1.54, 1.807) is 0 Å². The molecule has 2 unspecified atom stereocenters. The van der Waals surface area contributed by atoms with Crippen LogP contribution in [0.3, 0.4) is 0 Å². The van der Waals surface area contributed by atoms with Crippen LogP contribution >= 0.6 is 0 Å². The van der Waals surface area contributed by atoms with E-state index in [4.69, 9.17) is 10.5 Å². The highest BCUT2D eigenvalue weighted by atomic mass is 16.6. The van der Waals surface area contributed by atoms with Gasteiger partial charge >= 0.3 is 0 Å². The monoisotopic (exact) mass is 172 g/mol. The molecule has 0 aliphatic carbocycles. The summed E-state index contributed by atoms with van der Waals surface area (Å²) in [6.45, 7) is 2.55. The summed E-state index contributed by atoms with van der Waals surface area (Å²) in [5, 5.41) is 2.61. The highest BCUT2D eigenvalue weighted by molar-refractivity contribution is 5.94. The van der Waals surface area contributed by atoms with E-state index in [0.29, 0.717) is 6.54 Å². The third kappa shape index (κ3) is 1.94. The van der Waals surface area contributed by atoms with Crippen LogP contribution in [-0.2, 0) is 14.3 Å². The number of carbonyl (C=O) groups is 2. The standard InChI is InChI=1S/C7H12N2O3/c1-2-3-9-7(11)5-4(12-5)6(8)10/h4-5H,2-3H2,1H3,(H2,8,10)(H,9,11). The van der Waals surface area contributed by atoms with E-state index in [1.165, 1.54) is 0 Å². The van der Waals surface area contributed by atoms with Crippen LogP contribution in [0.15, 0.2) is 0 Å². The second-order valence-corrected chi connectivity index (χ2v) is 2.67. The van der Waals surface area contributed by atoms with Gasteiger partial charge in [-0.1, -0.05) is 6.92 Å². The molecule has 1 heterocycles. The fourth-order valence-electron chi connectivity index (χ4n) is 0.877. The summed E-state index contributed by atoms with van der Waals surface area (Å²) in [5.74, 6) is -0.827. The lowest BCUT2D eigenvalue weighted by atomic mass is 10.3. The maximum Gasteiger partial charge on any atom is 0.252 e. The van der Waals surface area contributed by atoms with Crippen molar-refractivity contribution in [3.05, 3.63) is 0 Å². The molecule has 0 spiro atoms. The zero-order valence-electron chi connectivity index (χ0n) is 6.87. The van der Waals surface area contributed by atoms with Gasteiger partial charge in [0, 0.05) is 6.54 Å². The highest BCUT2D eigenvalue weighted by Gasteiger charge is 2.49. The van der Waals surface area contributed by atoms with Crippen LogP contribution < -0.4 is 11.1 Å². The van der Waals surface area contributed by atoms with Crippen molar-refractivity contribution in [1.82, 2.24) is 5.32 Å². The van der Waals surface area contributed by atoms with Crippen LogP contribution in [0.2, 0.25) is 0 Å². The van der Waals surface area contributed by atoms with Gasteiger partial charge in [-0.25, -0.2) is 0 Å². The van der Waals surface area contributed by atoms with Gasteiger partial charge in [-0.15, -0.1) is 0 Å². The van der Waals surface area contributed by atoms with E-state index < -0.39 is 18.1 Å². The molecule has 12 heavy (non-hydrogen) atoms. The van der Waals surface area contributed by atoms with Crippen molar-refractivity contribution < 1.29 is 14.3 Å². The molecule has 0 aromatic rings. The van der Waals surface area contributed by atoms with Crippen molar-refractivity contribution in [3.63, 3.8) is 0 Å². The number of carbonyl (C=O) groups excluding carboxylic acids is 2. The Labute approximate surface area is 70.2 Å². The van der Waals surface area contributed by atoms with Gasteiger partial charge in [-0.3, -0.25) is 9.59 Å². The SMILES string of the molecule is CCCNC(=O)C1OC1C(N)=O. The molecule has 0 aromatic heterocycles. The predicted octanol–water partition coefficient (Wildman–Crippen LogP) is -1.23. The molecule has 68 valence electrons. The van der Waals surface area contributed by atoms with Crippen LogP contribution in [0.25, 0.3) is 0 Å². The lowest BCUT2D eigenvalue weighted by Crippen LogP contribution is -2.32. The number of nitrogens with one attached hydrogen (secondary N) is 1. The predicted molar refractivity (Wildman–Crippen MR) is 41.2 cm³/mol. The zero-order chi connectivity index (χ0) is 9.14. The van der Waals surface area contributed by atoms with Crippen molar-refractivity contribution in [2.24, 2.45) is 5.73 Å². The second kappa shape index (κ2) is 3.53. The first-order valence-electron chi connectivity index (χ1n) is 3.89. The van der Waals surface area contributed by atoms with Crippen molar-refractivity contribution in [3.8, 4) is 0 Å². The fourth-order valence-corrected chi connectivity index (χ4v) is 0.877. The van der Waals surface area contributed by atoms with E-state index in [0.717, 1.165) is 6.42 Å². The van der Waals surface area contributed by atoms with E-state index >= 15 is 0 Å². The van der Waals surface area contributed by atoms with Gasteiger partial charge in [0.25, 0.3) is 5.91 Å². The first kappa shape index (κ1) is 8.99. The van der Waals surface area contributed by atoms with Crippen LogP contribution in [0, 0.1) is 0 Å². The minimum absolute atomic E-state index is 0.249. The largest absolute Gasteiger partial charge is 0.367 e. The Balaban J connectivity index is 2.24. The van der Waals surface area contributed by atoms with Gasteiger partial charge in [-0.2, -0.15) is 0 Å². The lowest BCUT2D eigenvalue weighted by Gasteiger charge is -1.97. The number of epoxide rings is 1. The lowest BCUT2D eigenvalue weighted by molar-refractivity contribution is -0.123. The van der Waals surface area contributed by atoms with E-state index in [1.807, 2.05) is 6.92 Å². The van der Waals surface area contributed by atoms with Gasteiger partial charge in [0.2, 0.25) is 5.91 Å². The number of amides is 2. The van der Waals surface area contributed by atoms with Crippen molar-refractivity contribution >= 4 is 11.8 Å². The maximum atomic E-state index is 11.0. The highest BCUT2D eigenvalue weighted by Crippen LogP contribution is 2.21. The van der Waals surface area contributed by atoms with Crippen LogP contribution in [0.1, 0.15) is 13.3 Å². The number of nitrogens with two attached hydrogens (primary N) is 1. The Morgan fingerprint density at radius 2 is 2.17 bits per heavy atom. The Hall–Kier alpha value is -1.10. The molecule has 5 heteroatoms. The number of hydrogen-bond donors (Lipinski definition) is 2. The molecule has 2 amide bonds. The third-order valence-corrected chi connectivity index (χ3v) is 1.58. The molecule has 0 radical (unpaired) electrons. The topological polar surface area (TPSA) is 84.7 Å². The van der Waals surface area contributed by atoms with Crippen LogP contribution in [0.5, 0.6) is 0 Å². The average molecular weight is 172 g/mol. The third-order valence-electron chi connectivity index (χ3n) is 1.58. The number of rotatable bonds is 4.